The molecule has 1 saturated carbocycles. The standard InChI is InChI=1S/C16H29NO6S/c1-12(2)9-13(14(18)19)10-17-24(21,22)11-16(15(20)23-3)7-5-4-6-8-16/h12-13,17H,4-11H2,1-3H3,(H,18,19). The smallest absolute Gasteiger partial charge is 0.312 e. The second-order valence-corrected chi connectivity index (χ2v) is 8.91. The number of hydrogen-bond acceptors (Lipinski definition) is 5. The summed E-state index contributed by atoms with van der Waals surface area (Å²) in [6.45, 7) is 3.62. The third-order valence-corrected chi connectivity index (χ3v) is 6.09. The molecular formula is C16H29NO6S. The lowest BCUT2D eigenvalue weighted by Gasteiger charge is -2.34. The van der Waals surface area contributed by atoms with Gasteiger partial charge in [0.1, 0.15) is 0 Å². The first-order chi connectivity index (χ1) is 11.1. The van der Waals surface area contributed by atoms with Crippen LogP contribution in [0.15, 0.2) is 0 Å². The highest BCUT2D eigenvalue weighted by Gasteiger charge is 2.44. The zero-order valence-corrected chi connectivity index (χ0v) is 15.5. The van der Waals surface area contributed by atoms with E-state index < -0.39 is 33.3 Å². The summed E-state index contributed by atoms with van der Waals surface area (Å²) in [5, 5.41) is 9.21. The molecule has 0 heterocycles. The van der Waals surface area contributed by atoms with Gasteiger partial charge in [-0.3, -0.25) is 9.59 Å². The Balaban J connectivity index is 2.79. The lowest BCUT2D eigenvalue weighted by molar-refractivity contribution is -0.153. The number of ether oxygens (including phenoxy) is 1. The van der Waals surface area contributed by atoms with Gasteiger partial charge in [-0.25, -0.2) is 13.1 Å². The van der Waals surface area contributed by atoms with Crippen LogP contribution in [0, 0.1) is 17.3 Å². The number of esters is 1. The Labute approximate surface area is 144 Å². The lowest BCUT2D eigenvalue weighted by Crippen LogP contribution is -2.45. The van der Waals surface area contributed by atoms with Crippen LogP contribution in [0.1, 0.15) is 52.4 Å². The van der Waals surface area contributed by atoms with Gasteiger partial charge in [-0.2, -0.15) is 0 Å². The fourth-order valence-electron chi connectivity index (χ4n) is 3.34. The summed E-state index contributed by atoms with van der Waals surface area (Å²) in [5.74, 6) is -2.49. The number of nitrogens with one attached hydrogen (secondary N) is 1. The molecule has 2 N–H and O–H groups in total. The van der Waals surface area contributed by atoms with Crippen molar-refractivity contribution in [1.82, 2.24) is 4.72 Å². The minimum Gasteiger partial charge on any atom is -0.481 e. The molecule has 0 amide bonds. The van der Waals surface area contributed by atoms with Crippen molar-refractivity contribution in [3.63, 3.8) is 0 Å². The number of methoxy groups -OCH3 is 1. The van der Waals surface area contributed by atoms with Crippen LogP contribution in [0.4, 0.5) is 0 Å². The third-order valence-electron chi connectivity index (χ3n) is 4.55. The van der Waals surface area contributed by atoms with Gasteiger partial charge in [0, 0.05) is 6.54 Å². The van der Waals surface area contributed by atoms with E-state index in [0.717, 1.165) is 19.3 Å². The normalized spacial score (nSPS) is 19.0. The Kier molecular flexibility index (Phi) is 7.66. The van der Waals surface area contributed by atoms with Crippen molar-refractivity contribution in [2.24, 2.45) is 17.3 Å². The lowest BCUT2D eigenvalue weighted by atomic mass is 9.75. The van der Waals surface area contributed by atoms with Gasteiger partial charge in [0.05, 0.1) is 24.2 Å². The summed E-state index contributed by atoms with van der Waals surface area (Å²) >= 11 is 0. The second kappa shape index (κ2) is 8.80. The molecular weight excluding hydrogens is 334 g/mol. The van der Waals surface area contributed by atoms with Crippen LogP contribution >= 0.6 is 0 Å². The molecule has 1 atom stereocenters. The number of carboxylic acid groups (broad SMARTS) is 1. The molecule has 7 nitrogen and oxygen atoms in total. The molecule has 0 aromatic carbocycles. The van der Waals surface area contributed by atoms with Gasteiger partial charge in [-0.1, -0.05) is 33.1 Å². The largest absolute Gasteiger partial charge is 0.481 e. The molecule has 0 spiro atoms. The minimum absolute atomic E-state index is 0.148. The van der Waals surface area contributed by atoms with E-state index in [0.29, 0.717) is 19.3 Å². The number of aliphatic carboxylic acids is 1. The van der Waals surface area contributed by atoms with Gasteiger partial charge < -0.3 is 9.84 Å². The average Bonchev–Trinajstić information content (AvgIpc) is 2.50. The molecule has 0 aromatic rings. The van der Waals surface area contributed by atoms with Gasteiger partial charge in [0.15, 0.2) is 0 Å². The predicted molar refractivity (Wildman–Crippen MR) is 89.9 cm³/mol. The van der Waals surface area contributed by atoms with Crippen LogP contribution in [0.3, 0.4) is 0 Å². The van der Waals surface area contributed by atoms with Gasteiger partial charge in [0.2, 0.25) is 10.0 Å². The van der Waals surface area contributed by atoms with Gasteiger partial charge in [0.25, 0.3) is 0 Å². The molecule has 8 heteroatoms. The Morgan fingerprint density at radius 2 is 1.79 bits per heavy atom. The first-order valence-corrected chi connectivity index (χ1v) is 10.1. The maximum absolute atomic E-state index is 12.4. The maximum atomic E-state index is 12.4. The molecule has 0 saturated heterocycles. The highest BCUT2D eigenvalue weighted by atomic mass is 32.2. The van der Waals surface area contributed by atoms with Crippen molar-refractivity contribution in [2.75, 3.05) is 19.4 Å². The summed E-state index contributed by atoms with van der Waals surface area (Å²) in [7, 11) is -2.51. The Morgan fingerprint density at radius 1 is 1.21 bits per heavy atom. The molecule has 0 bridgehead atoms. The molecule has 1 rings (SSSR count). The second-order valence-electron chi connectivity index (χ2n) is 7.10. The third kappa shape index (κ3) is 6.05. The molecule has 140 valence electrons. The molecule has 1 aliphatic carbocycles. The fourth-order valence-corrected chi connectivity index (χ4v) is 5.03. The van der Waals surface area contributed by atoms with Crippen LogP contribution in [0.25, 0.3) is 0 Å². The summed E-state index contributed by atoms with van der Waals surface area (Å²) in [4.78, 5) is 23.4. The van der Waals surface area contributed by atoms with Gasteiger partial charge >= 0.3 is 11.9 Å². The van der Waals surface area contributed by atoms with Crippen molar-refractivity contribution < 1.29 is 27.9 Å². The SMILES string of the molecule is COC(=O)C1(CS(=O)(=O)NCC(CC(C)C)C(=O)O)CCCCC1. The number of rotatable bonds is 9. The highest BCUT2D eigenvalue weighted by molar-refractivity contribution is 7.89. The van der Waals surface area contributed by atoms with E-state index >= 15 is 0 Å². The first-order valence-electron chi connectivity index (χ1n) is 8.40. The van der Waals surface area contributed by atoms with Gasteiger partial charge in [-0.15, -0.1) is 0 Å². The fraction of sp³-hybridized carbons (Fsp3) is 0.875. The summed E-state index contributed by atoms with van der Waals surface area (Å²) < 4.78 is 32.1. The van der Waals surface area contributed by atoms with Crippen LogP contribution < -0.4 is 4.72 Å². The Hall–Kier alpha value is -1.15. The quantitative estimate of drug-likeness (QED) is 0.604. The first kappa shape index (κ1) is 20.9. The highest BCUT2D eigenvalue weighted by Crippen LogP contribution is 2.38. The average molecular weight is 363 g/mol. The number of sulfonamides is 1. The number of carbonyl (C=O) groups excluding carboxylic acids is 1. The van der Waals surface area contributed by atoms with E-state index in [4.69, 9.17) is 4.74 Å². The van der Waals surface area contributed by atoms with E-state index in [2.05, 4.69) is 4.72 Å². The van der Waals surface area contributed by atoms with E-state index in [1.165, 1.54) is 7.11 Å². The maximum Gasteiger partial charge on any atom is 0.312 e. The molecule has 0 aliphatic heterocycles. The van der Waals surface area contributed by atoms with E-state index in [1.54, 1.807) is 0 Å². The number of carbonyl (C=O) groups is 2. The number of hydrogen-bond donors (Lipinski definition) is 2. The molecule has 0 aromatic heterocycles. The Bertz CT molecular complexity index is 537. The molecule has 24 heavy (non-hydrogen) atoms. The minimum atomic E-state index is -3.77. The summed E-state index contributed by atoms with van der Waals surface area (Å²) in [6, 6.07) is 0. The van der Waals surface area contributed by atoms with Crippen molar-refractivity contribution >= 4 is 22.0 Å². The molecule has 1 fully saturated rings. The van der Waals surface area contributed by atoms with Crippen LogP contribution in [0.5, 0.6) is 0 Å². The van der Waals surface area contributed by atoms with Crippen molar-refractivity contribution in [3.8, 4) is 0 Å². The summed E-state index contributed by atoms with van der Waals surface area (Å²) in [6.07, 6.45) is 3.90. The van der Waals surface area contributed by atoms with Gasteiger partial charge in [-0.05, 0) is 25.2 Å². The molecule has 1 aliphatic rings. The monoisotopic (exact) mass is 363 g/mol. The van der Waals surface area contributed by atoms with Crippen LogP contribution in [0.2, 0.25) is 0 Å². The van der Waals surface area contributed by atoms with Crippen molar-refractivity contribution in [3.05, 3.63) is 0 Å². The Morgan fingerprint density at radius 3 is 2.25 bits per heavy atom. The molecule has 1 unspecified atom stereocenters. The van der Waals surface area contributed by atoms with E-state index in [-0.39, 0.29) is 18.2 Å². The molecule has 0 radical (unpaired) electrons. The number of carboxylic acids is 1. The van der Waals surface area contributed by atoms with Crippen molar-refractivity contribution in [2.45, 2.75) is 52.4 Å². The zero-order chi connectivity index (χ0) is 18.4. The van der Waals surface area contributed by atoms with E-state index in [9.17, 15) is 23.1 Å². The zero-order valence-electron chi connectivity index (χ0n) is 14.7. The van der Waals surface area contributed by atoms with Crippen LogP contribution in [-0.2, 0) is 24.3 Å². The van der Waals surface area contributed by atoms with Crippen molar-refractivity contribution in [1.29, 1.82) is 0 Å². The van der Waals surface area contributed by atoms with E-state index in [1.807, 2.05) is 13.8 Å². The topological polar surface area (TPSA) is 110 Å². The van der Waals surface area contributed by atoms with Crippen LogP contribution in [-0.4, -0.2) is 44.9 Å². The summed E-state index contributed by atoms with van der Waals surface area (Å²) in [5.41, 5.74) is -1.02. The predicted octanol–water partition coefficient (Wildman–Crippen LogP) is 1.78.